The monoisotopic (exact) mass is 781 g/mol. The van der Waals surface area contributed by atoms with Crippen molar-refractivity contribution in [3.63, 3.8) is 0 Å². The Morgan fingerprint density at radius 1 is 0.593 bits per heavy atom. The van der Waals surface area contributed by atoms with Crippen molar-refractivity contribution in [3.05, 3.63) is 60.8 Å². The quantitative estimate of drug-likeness (QED) is 0.0166. The van der Waals surface area contributed by atoms with E-state index in [1.54, 1.807) is 0 Å². The van der Waals surface area contributed by atoms with Crippen molar-refractivity contribution in [2.45, 2.75) is 161 Å². The highest BCUT2D eigenvalue weighted by Crippen LogP contribution is 2.43. The molecule has 0 saturated heterocycles. The van der Waals surface area contributed by atoms with E-state index < -0.39 is 26.5 Å². The summed E-state index contributed by atoms with van der Waals surface area (Å²) in [4.78, 5) is 35.3. The number of hydrogen-bond acceptors (Lipinski definition) is 7. The van der Waals surface area contributed by atoms with E-state index in [9.17, 15) is 19.0 Å². The highest BCUT2D eigenvalue weighted by atomic mass is 31.2. The predicted molar refractivity (Wildman–Crippen MR) is 224 cm³/mol. The molecule has 0 aromatic rings. The minimum absolute atomic E-state index is 0.0233. The Labute approximate surface area is 330 Å². The fraction of sp³-hybridized carbons (Fsp3) is 0.727. The molecule has 0 spiro atoms. The van der Waals surface area contributed by atoms with Crippen molar-refractivity contribution in [2.75, 3.05) is 47.5 Å². The van der Waals surface area contributed by atoms with Crippen molar-refractivity contribution in [1.29, 1.82) is 0 Å². The van der Waals surface area contributed by atoms with Gasteiger partial charge in [0.2, 0.25) is 0 Å². The number of esters is 2. The zero-order valence-electron chi connectivity index (χ0n) is 34.9. The first kappa shape index (κ1) is 51.7. The van der Waals surface area contributed by atoms with Crippen LogP contribution in [0, 0.1) is 0 Å². The van der Waals surface area contributed by atoms with Crippen molar-refractivity contribution in [1.82, 2.24) is 0 Å². The van der Waals surface area contributed by atoms with E-state index in [2.05, 4.69) is 44.2 Å². The van der Waals surface area contributed by atoms with Gasteiger partial charge in [0.25, 0.3) is 0 Å². The Kier molecular flexibility index (Phi) is 34.8. The van der Waals surface area contributed by atoms with Crippen LogP contribution < -0.4 is 0 Å². The molecule has 0 aliphatic rings. The summed E-state index contributed by atoms with van der Waals surface area (Å²) in [5.74, 6) is -0.836. The number of phosphoric ester groups is 1. The van der Waals surface area contributed by atoms with Gasteiger partial charge in [0.05, 0.1) is 27.7 Å². The summed E-state index contributed by atoms with van der Waals surface area (Å²) in [5.41, 5.74) is 0. The Morgan fingerprint density at radius 2 is 1.07 bits per heavy atom. The molecular weight excluding hydrogens is 701 g/mol. The smallest absolute Gasteiger partial charge is 0.462 e. The lowest BCUT2D eigenvalue weighted by Crippen LogP contribution is -2.37. The molecule has 0 aliphatic carbocycles. The molecule has 0 heterocycles. The number of quaternary nitrogens is 1. The molecule has 1 N–H and O–H groups in total. The predicted octanol–water partition coefficient (Wildman–Crippen LogP) is 11.7. The van der Waals surface area contributed by atoms with Crippen molar-refractivity contribution in [3.8, 4) is 0 Å². The van der Waals surface area contributed by atoms with E-state index in [1.165, 1.54) is 51.4 Å². The average Bonchev–Trinajstić information content (AvgIpc) is 3.12. The van der Waals surface area contributed by atoms with Crippen LogP contribution in [0.25, 0.3) is 0 Å². The molecule has 9 nitrogen and oxygen atoms in total. The van der Waals surface area contributed by atoms with Gasteiger partial charge < -0.3 is 18.9 Å². The Morgan fingerprint density at radius 3 is 1.63 bits per heavy atom. The summed E-state index contributed by atoms with van der Waals surface area (Å²) < 4.78 is 34.2. The molecule has 0 saturated carbocycles. The molecule has 0 bridgehead atoms. The molecule has 1 unspecified atom stereocenters. The minimum atomic E-state index is -4.38. The maximum Gasteiger partial charge on any atom is 0.472 e. The standard InChI is InChI=1S/C44H78NO8P/c1-6-8-10-12-14-16-18-20-22-24-26-28-30-32-34-36-43(46)50-40-42(41-52-54(48,49)51-39-38-45(3,4)5)53-44(47)37-35-33-31-29-27-25-23-21-19-17-15-13-11-9-7-2/h9,11,13,15-19,21,23,42H,6-8,10,12,14,20,22,24-41H2,1-5H3/p+1/b11-9+,15-13+,18-16+,19-17+,23-21+/t42-/m1/s1. The molecular formula is C44H79NO8P+. The average molecular weight is 781 g/mol. The molecule has 0 amide bonds. The van der Waals surface area contributed by atoms with Gasteiger partial charge in [-0.1, -0.05) is 145 Å². The molecule has 54 heavy (non-hydrogen) atoms. The lowest BCUT2D eigenvalue weighted by Gasteiger charge is -2.24. The van der Waals surface area contributed by atoms with Gasteiger partial charge in [-0.3, -0.25) is 18.6 Å². The second kappa shape index (κ2) is 36.4. The van der Waals surface area contributed by atoms with Crippen molar-refractivity contribution >= 4 is 19.8 Å². The highest BCUT2D eigenvalue weighted by Gasteiger charge is 2.27. The van der Waals surface area contributed by atoms with Gasteiger partial charge in [0.1, 0.15) is 19.8 Å². The molecule has 0 fully saturated rings. The van der Waals surface area contributed by atoms with E-state index in [4.69, 9.17) is 18.5 Å². The lowest BCUT2D eigenvalue weighted by molar-refractivity contribution is -0.870. The molecule has 0 rings (SSSR count). The van der Waals surface area contributed by atoms with Crippen LogP contribution in [0.2, 0.25) is 0 Å². The number of likely N-dealkylation sites (N-methyl/N-ethyl adjacent to an activating group) is 1. The van der Waals surface area contributed by atoms with Gasteiger partial charge >= 0.3 is 19.8 Å². The van der Waals surface area contributed by atoms with Crippen LogP contribution in [-0.4, -0.2) is 74.9 Å². The molecule has 0 aromatic carbocycles. The summed E-state index contributed by atoms with van der Waals surface area (Å²) in [6.07, 6.45) is 42.6. The maximum absolute atomic E-state index is 12.7. The summed E-state index contributed by atoms with van der Waals surface area (Å²) in [7, 11) is 1.45. The van der Waals surface area contributed by atoms with Crippen LogP contribution in [0.5, 0.6) is 0 Å². The first-order valence-corrected chi connectivity index (χ1v) is 22.6. The number of rotatable bonds is 37. The first-order valence-electron chi connectivity index (χ1n) is 21.1. The van der Waals surface area contributed by atoms with Crippen LogP contribution >= 0.6 is 7.82 Å². The lowest BCUT2D eigenvalue weighted by atomic mass is 10.1. The number of phosphoric acid groups is 1. The van der Waals surface area contributed by atoms with Crippen LogP contribution in [0.3, 0.4) is 0 Å². The number of hydrogen-bond donors (Lipinski definition) is 1. The molecule has 312 valence electrons. The SMILES string of the molecule is CC/C=C/C=C/C=C/C=C/CCCCCCCC(=O)O[C@H](COC(=O)CCCCCCCCC/C=C/CCCCCC)COP(=O)(O)OCC[N+](C)(C)C. The molecule has 2 atom stereocenters. The maximum atomic E-state index is 12.7. The van der Waals surface area contributed by atoms with Gasteiger partial charge in [-0.2, -0.15) is 0 Å². The molecule has 10 heteroatoms. The van der Waals surface area contributed by atoms with Gasteiger partial charge in [-0.25, -0.2) is 4.57 Å². The van der Waals surface area contributed by atoms with Crippen LogP contribution in [0.4, 0.5) is 0 Å². The third-order valence-corrected chi connectivity index (χ3v) is 9.61. The minimum Gasteiger partial charge on any atom is -0.462 e. The molecule has 0 aromatic heterocycles. The van der Waals surface area contributed by atoms with Crippen molar-refractivity contribution in [2.24, 2.45) is 0 Å². The third kappa shape index (κ3) is 39.4. The Balaban J connectivity index is 4.44. The number of allylic oxidation sites excluding steroid dienone is 10. The second-order valence-corrected chi connectivity index (χ2v) is 16.5. The van der Waals surface area contributed by atoms with Crippen LogP contribution in [0.1, 0.15) is 155 Å². The van der Waals surface area contributed by atoms with Gasteiger partial charge in [-0.05, 0) is 57.8 Å². The topological polar surface area (TPSA) is 108 Å². The number of nitrogens with zero attached hydrogens (tertiary/aromatic N) is 1. The number of carbonyl (C=O) groups is 2. The van der Waals surface area contributed by atoms with Gasteiger partial charge in [0, 0.05) is 12.8 Å². The van der Waals surface area contributed by atoms with Gasteiger partial charge in [0.15, 0.2) is 6.10 Å². The summed E-state index contributed by atoms with van der Waals surface area (Å²) in [5, 5.41) is 0. The highest BCUT2D eigenvalue weighted by molar-refractivity contribution is 7.47. The van der Waals surface area contributed by atoms with Crippen molar-refractivity contribution < 1.29 is 42.1 Å². The Bertz CT molecular complexity index is 1110. The summed E-state index contributed by atoms with van der Waals surface area (Å²) in [6.45, 7) is 4.22. The molecule has 0 radical (unpaired) electrons. The number of ether oxygens (including phenoxy) is 2. The fourth-order valence-corrected chi connectivity index (χ4v) is 6.05. The Hall–Kier alpha value is -2.29. The van der Waals surface area contributed by atoms with E-state index in [1.807, 2.05) is 51.5 Å². The first-order chi connectivity index (χ1) is 26.0. The van der Waals surface area contributed by atoms with E-state index >= 15 is 0 Å². The fourth-order valence-electron chi connectivity index (χ4n) is 5.31. The van der Waals surface area contributed by atoms with E-state index in [-0.39, 0.29) is 32.0 Å². The number of carbonyl (C=O) groups excluding carboxylic acids is 2. The van der Waals surface area contributed by atoms with E-state index in [0.29, 0.717) is 17.4 Å². The van der Waals surface area contributed by atoms with E-state index in [0.717, 1.165) is 70.6 Å². The molecule has 0 aliphatic heterocycles. The largest absolute Gasteiger partial charge is 0.472 e. The summed E-state index contributed by atoms with van der Waals surface area (Å²) in [6, 6.07) is 0. The van der Waals surface area contributed by atoms with Crippen LogP contribution in [-0.2, 0) is 32.7 Å². The number of unbranched alkanes of at least 4 members (excludes halogenated alkanes) is 16. The summed E-state index contributed by atoms with van der Waals surface area (Å²) >= 11 is 0. The van der Waals surface area contributed by atoms with Crippen LogP contribution in [0.15, 0.2) is 60.8 Å². The van der Waals surface area contributed by atoms with Gasteiger partial charge in [-0.15, -0.1) is 0 Å². The third-order valence-electron chi connectivity index (χ3n) is 8.63. The zero-order valence-corrected chi connectivity index (χ0v) is 35.8. The normalized spacial score (nSPS) is 14.3. The zero-order chi connectivity index (χ0) is 40.0. The second-order valence-electron chi connectivity index (χ2n) is 15.1.